The van der Waals surface area contributed by atoms with E-state index in [4.69, 9.17) is 13.9 Å². The molecule has 0 unspecified atom stereocenters. The lowest BCUT2D eigenvalue weighted by molar-refractivity contribution is 0.238. The lowest BCUT2D eigenvalue weighted by Crippen LogP contribution is -1.77. The summed E-state index contributed by atoms with van der Waals surface area (Å²) in [6.07, 6.45) is 4.00. The van der Waals surface area contributed by atoms with Gasteiger partial charge in [0, 0.05) is 6.42 Å². The van der Waals surface area contributed by atoms with Crippen molar-refractivity contribution >= 4 is 31.9 Å². The van der Waals surface area contributed by atoms with Gasteiger partial charge in [-0.05, 0) is 31.9 Å². The van der Waals surface area contributed by atoms with E-state index in [2.05, 4.69) is 41.8 Å². The molecule has 0 aliphatic carbocycles. The fourth-order valence-corrected chi connectivity index (χ4v) is 1.39. The first-order valence-corrected chi connectivity index (χ1v) is 6.05. The molecule has 2 aromatic heterocycles. The highest BCUT2D eigenvalue weighted by atomic mass is 79.9. The number of aryl methyl sites for hydroxylation is 1. The Hall–Kier alpha value is -0.660. The van der Waals surface area contributed by atoms with Crippen LogP contribution in [-0.4, -0.2) is 15.1 Å². The predicted octanol–water partition coefficient (Wildman–Crippen LogP) is 2.93. The second kappa shape index (κ2) is 6.82. The first kappa shape index (κ1) is 13.4. The van der Waals surface area contributed by atoms with E-state index in [0.29, 0.717) is 15.2 Å². The van der Waals surface area contributed by atoms with Gasteiger partial charge in [0.05, 0.1) is 12.4 Å². The number of nitrogens with zero attached hydrogens (tertiary/aromatic N) is 2. The number of aromatic nitrogens is 2. The van der Waals surface area contributed by atoms with E-state index >= 15 is 0 Å². The molecular weight excluding hydrogens is 344 g/mol. The molecule has 2 heterocycles. The summed E-state index contributed by atoms with van der Waals surface area (Å²) in [5.41, 5.74) is 0. The van der Waals surface area contributed by atoms with Crippen molar-refractivity contribution in [3.05, 3.63) is 33.5 Å². The Labute approximate surface area is 109 Å². The van der Waals surface area contributed by atoms with Crippen LogP contribution in [0.15, 0.2) is 30.6 Å². The SMILES string of the molecule is CCc1ncc(Br)o1.OCc1ncc(Br)o1. The summed E-state index contributed by atoms with van der Waals surface area (Å²) in [5, 5.41) is 8.37. The zero-order valence-corrected chi connectivity index (χ0v) is 11.7. The van der Waals surface area contributed by atoms with Crippen LogP contribution in [-0.2, 0) is 13.0 Å². The fourth-order valence-electron chi connectivity index (χ4n) is 0.813. The molecule has 0 radical (unpaired) electrons. The monoisotopic (exact) mass is 352 g/mol. The standard InChI is InChI=1S/C5H6BrNO.C4H4BrNO2/c1-2-5-7-3-4(6)8-5;5-3-1-6-4(2-7)8-3/h3H,2H2,1H3;1,7H,2H2. The average molecular weight is 354 g/mol. The Bertz CT molecular complexity index is 388. The van der Waals surface area contributed by atoms with Gasteiger partial charge < -0.3 is 13.9 Å². The van der Waals surface area contributed by atoms with E-state index in [9.17, 15) is 0 Å². The Morgan fingerprint density at radius 2 is 1.62 bits per heavy atom. The highest BCUT2D eigenvalue weighted by Gasteiger charge is 1.95. The molecule has 0 aromatic carbocycles. The van der Waals surface area contributed by atoms with Crippen molar-refractivity contribution in [2.45, 2.75) is 20.0 Å². The average Bonchev–Trinajstić information content (AvgIpc) is 2.88. The van der Waals surface area contributed by atoms with Gasteiger partial charge in [-0.3, -0.25) is 0 Å². The zero-order chi connectivity index (χ0) is 12.0. The Morgan fingerprint density at radius 1 is 1.12 bits per heavy atom. The minimum Gasteiger partial charge on any atom is -0.434 e. The maximum atomic E-state index is 8.37. The van der Waals surface area contributed by atoms with E-state index in [1.807, 2.05) is 6.92 Å². The van der Waals surface area contributed by atoms with Crippen LogP contribution in [0, 0.1) is 0 Å². The molecule has 0 saturated carbocycles. The molecule has 1 N–H and O–H groups in total. The van der Waals surface area contributed by atoms with Gasteiger partial charge in [-0.1, -0.05) is 6.92 Å². The Balaban J connectivity index is 0.000000160. The number of hydrogen-bond acceptors (Lipinski definition) is 5. The molecule has 0 fully saturated rings. The molecule has 0 aliphatic rings. The number of aliphatic hydroxyl groups is 1. The van der Waals surface area contributed by atoms with Crippen LogP contribution >= 0.6 is 31.9 Å². The second-order valence-corrected chi connectivity index (χ2v) is 4.19. The molecule has 2 rings (SSSR count). The molecule has 5 nitrogen and oxygen atoms in total. The smallest absolute Gasteiger partial charge is 0.221 e. The number of aliphatic hydroxyl groups excluding tert-OH is 1. The van der Waals surface area contributed by atoms with Crippen LogP contribution in [0.4, 0.5) is 0 Å². The van der Waals surface area contributed by atoms with E-state index in [1.54, 1.807) is 6.20 Å². The van der Waals surface area contributed by atoms with Gasteiger partial charge in [-0.15, -0.1) is 0 Å². The Kier molecular flexibility index (Phi) is 5.72. The normalized spacial score (nSPS) is 9.75. The van der Waals surface area contributed by atoms with Gasteiger partial charge in [0.1, 0.15) is 6.61 Å². The van der Waals surface area contributed by atoms with Crippen molar-refractivity contribution in [2.24, 2.45) is 0 Å². The predicted molar refractivity (Wildman–Crippen MR) is 63.7 cm³/mol. The first-order valence-electron chi connectivity index (χ1n) is 4.47. The molecule has 0 aliphatic heterocycles. The van der Waals surface area contributed by atoms with Crippen LogP contribution in [0.1, 0.15) is 18.7 Å². The third-order valence-electron chi connectivity index (χ3n) is 1.49. The first-order chi connectivity index (χ1) is 7.65. The van der Waals surface area contributed by atoms with Crippen molar-refractivity contribution < 1.29 is 13.9 Å². The maximum absolute atomic E-state index is 8.37. The molecule has 0 atom stereocenters. The van der Waals surface area contributed by atoms with Crippen LogP contribution in [0.5, 0.6) is 0 Å². The van der Waals surface area contributed by atoms with Crippen LogP contribution in [0.3, 0.4) is 0 Å². The number of halogens is 2. The summed E-state index contributed by atoms with van der Waals surface area (Å²) in [6, 6.07) is 0. The van der Waals surface area contributed by atoms with Gasteiger partial charge in [0.2, 0.25) is 5.89 Å². The van der Waals surface area contributed by atoms with Crippen molar-refractivity contribution in [3.8, 4) is 0 Å². The van der Waals surface area contributed by atoms with Crippen LogP contribution < -0.4 is 0 Å². The van der Waals surface area contributed by atoms with Gasteiger partial charge in [-0.25, -0.2) is 9.97 Å². The second-order valence-electron chi connectivity index (χ2n) is 2.63. The lowest BCUT2D eigenvalue weighted by Gasteiger charge is -1.79. The summed E-state index contributed by atoms with van der Waals surface area (Å²) in [7, 11) is 0. The number of rotatable bonds is 2. The van der Waals surface area contributed by atoms with Crippen LogP contribution in [0.25, 0.3) is 0 Å². The summed E-state index contributed by atoms with van der Waals surface area (Å²) in [5.74, 6) is 1.11. The van der Waals surface area contributed by atoms with E-state index in [1.165, 1.54) is 6.20 Å². The maximum Gasteiger partial charge on any atom is 0.221 e. The largest absolute Gasteiger partial charge is 0.434 e. The topological polar surface area (TPSA) is 72.3 Å². The molecule has 16 heavy (non-hydrogen) atoms. The minimum absolute atomic E-state index is 0.147. The molecule has 0 amide bonds. The zero-order valence-electron chi connectivity index (χ0n) is 8.48. The van der Waals surface area contributed by atoms with E-state index in [0.717, 1.165) is 12.3 Å². The third-order valence-corrected chi connectivity index (χ3v) is 2.22. The number of hydrogen-bond donors (Lipinski definition) is 1. The molecule has 7 heteroatoms. The van der Waals surface area contributed by atoms with Crippen LogP contribution in [0.2, 0.25) is 0 Å². The highest BCUT2D eigenvalue weighted by Crippen LogP contribution is 2.10. The van der Waals surface area contributed by atoms with Crippen molar-refractivity contribution in [2.75, 3.05) is 0 Å². The quantitative estimate of drug-likeness (QED) is 0.898. The van der Waals surface area contributed by atoms with Gasteiger partial charge in [-0.2, -0.15) is 0 Å². The van der Waals surface area contributed by atoms with E-state index < -0.39 is 0 Å². The molecule has 0 bridgehead atoms. The molecule has 88 valence electrons. The highest BCUT2D eigenvalue weighted by molar-refractivity contribution is 9.10. The molecule has 2 aromatic rings. The van der Waals surface area contributed by atoms with Crippen molar-refractivity contribution in [1.29, 1.82) is 0 Å². The van der Waals surface area contributed by atoms with Gasteiger partial charge in [0.25, 0.3) is 0 Å². The molecule has 0 saturated heterocycles. The fraction of sp³-hybridized carbons (Fsp3) is 0.333. The van der Waals surface area contributed by atoms with Crippen molar-refractivity contribution in [1.82, 2.24) is 9.97 Å². The third kappa shape index (κ3) is 4.46. The Morgan fingerprint density at radius 3 is 1.81 bits per heavy atom. The lowest BCUT2D eigenvalue weighted by atomic mass is 10.5. The summed E-state index contributed by atoms with van der Waals surface area (Å²) >= 11 is 6.18. The number of oxazole rings is 2. The van der Waals surface area contributed by atoms with Crippen molar-refractivity contribution in [3.63, 3.8) is 0 Å². The van der Waals surface area contributed by atoms with Gasteiger partial charge >= 0.3 is 0 Å². The molecule has 0 spiro atoms. The molecular formula is C9H10Br2N2O3. The summed E-state index contributed by atoms with van der Waals surface area (Å²) < 4.78 is 11.1. The summed E-state index contributed by atoms with van der Waals surface area (Å²) in [6.45, 7) is 1.85. The minimum atomic E-state index is -0.147. The van der Waals surface area contributed by atoms with Gasteiger partial charge in [0.15, 0.2) is 15.2 Å². The summed E-state index contributed by atoms with van der Waals surface area (Å²) in [4.78, 5) is 7.59. The van der Waals surface area contributed by atoms with E-state index in [-0.39, 0.29) is 6.61 Å².